The Bertz CT molecular complexity index is 1020. The lowest BCUT2D eigenvalue weighted by Crippen LogP contribution is -2.11. The first kappa shape index (κ1) is 19.3. The maximum absolute atomic E-state index is 13.7. The van der Waals surface area contributed by atoms with Gasteiger partial charge in [-0.3, -0.25) is 9.48 Å². The monoisotopic (exact) mass is 393 g/mol. The van der Waals surface area contributed by atoms with Crippen LogP contribution in [0.15, 0.2) is 48.7 Å². The van der Waals surface area contributed by atoms with Crippen molar-refractivity contribution in [2.24, 2.45) is 0 Å². The van der Waals surface area contributed by atoms with E-state index in [-0.39, 0.29) is 11.9 Å². The Kier molecular flexibility index (Phi) is 5.53. The fourth-order valence-electron chi connectivity index (χ4n) is 2.35. The molecule has 0 atom stereocenters. The molecule has 0 saturated heterocycles. The third kappa shape index (κ3) is 4.43. The second-order valence-corrected chi connectivity index (χ2v) is 5.72. The lowest BCUT2D eigenvalue weighted by Gasteiger charge is -2.07. The van der Waals surface area contributed by atoms with Gasteiger partial charge in [-0.05, 0) is 23.8 Å². The summed E-state index contributed by atoms with van der Waals surface area (Å²) in [5, 5.41) is 6.29. The van der Waals surface area contributed by atoms with Crippen molar-refractivity contribution in [2.75, 3.05) is 5.32 Å². The average Bonchev–Trinajstić information content (AvgIpc) is 3.10. The van der Waals surface area contributed by atoms with Gasteiger partial charge in [-0.1, -0.05) is 12.1 Å². The summed E-state index contributed by atoms with van der Waals surface area (Å²) < 4.78 is 67.7. The first-order valence-corrected chi connectivity index (χ1v) is 7.93. The predicted octanol–water partition coefficient (Wildman–Crippen LogP) is 4.28. The Morgan fingerprint density at radius 3 is 2.29 bits per heavy atom. The van der Waals surface area contributed by atoms with E-state index in [0.29, 0.717) is 5.56 Å². The Labute approximate surface area is 155 Å². The van der Waals surface area contributed by atoms with Crippen LogP contribution in [0, 0.1) is 29.1 Å². The molecule has 0 fully saturated rings. The summed E-state index contributed by atoms with van der Waals surface area (Å²) in [4.78, 5) is 11.9. The van der Waals surface area contributed by atoms with Crippen molar-refractivity contribution in [3.63, 3.8) is 0 Å². The van der Waals surface area contributed by atoms with Gasteiger partial charge in [0.25, 0.3) is 0 Å². The first-order chi connectivity index (χ1) is 13.3. The number of carbonyl (C=O) groups is 1. The van der Waals surface area contributed by atoms with Crippen LogP contribution in [0.1, 0.15) is 11.1 Å². The molecular formula is C19H12F5N3O. The summed E-state index contributed by atoms with van der Waals surface area (Å²) in [5.74, 6) is -6.95. The third-order valence-corrected chi connectivity index (χ3v) is 3.71. The summed E-state index contributed by atoms with van der Waals surface area (Å²) >= 11 is 0. The number of nitrogens with zero attached hydrogens (tertiary/aromatic N) is 2. The minimum absolute atomic E-state index is 0.0615. The van der Waals surface area contributed by atoms with E-state index in [1.807, 2.05) is 0 Å². The minimum atomic E-state index is -1.51. The number of anilines is 1. The molecule has 0 aliphatic rings. The average molecular weight is 393 g/mol. The van der Waals surface area contributed by atoms with Gasteiger partial charge in [0.1, 0.15) is 5.82 Å². The van der Waals surface area contributed by atoms with Crippen LogP contribution in [0.25, 0.3) is 6.08 Å². The smallest absolute Gasteiger partial charge is 0.249 e. The van der Waals surface area contributed by atoms with Gasteiger partial charge >= 0.3 is 0 Å². The van der Waals surface area contributed by atoms with Crippen molar-refractivity contribution in [1.82, 2.24) is 9.78 Å². The van der Waals surface area contributed by atoms with E-state index in [9.17, 15) is 26.7 Å². The van der Waals surface area contributed by atoms with Gasteiger partial charge in [-0.15, -0.1) is 0 Å². The molecule has 1 N–H and O–H groups in total. The number of amides is 1. The second-order valence-electron chi connectivity index (χ2n) is 5.72. The van der Waals surface area contributed by atoms with Crippen LogP contribution < -0.4 is 5.32 Å². The number of benzene rings is 2. The Morgan fingerprint density at radius 1 is 1.00 bits per heavy atom. The molecule has 0 bridgehead atoms. The molecule has 2 aromatic carbocycles. The summed E-state index contributed by atoms with van der Waals surface area (Å²) in [7, 11) is 0. The standard InChI is InChI=1S/C19H12F5N3O/c20-12-4-1-11(2-5-12)3-6-17(28)25-16-7-8-27(26-16)10-13-18(23)14(21)9-15(22)19(13)24/h1-9H,10H2,(H,25,26,28)/b6-3+. The largest absolute Gasteiger partial charge is 0.306 e. The summed E-state index contributed by atoms with van der Waals surface area (Å²) in [6, 6.07) is 6.91. The topological polar surface area (TPSA) is 46.9 Å². The number of nitrogens with one attached hydrogen (secondary N) is 1. The zero-order chi connectivity index (χ0) is 20.3. The Balaban J connectivity index is 1.68. The summed E-state index contributed by atoms with van der Waals surface area (Å²) in [6.45, 7) is -0.576. The third-order valence-electron chi connectivity index (χ3n) is 3.71. The van der Waals surface area contributed by atoms with Crippen LogP contribution >= 0.6 is 0 Å². The predicted molar refractivity (Wildman–Crippen MR) is 91.7 cm³/mol. The van der Waals surface area contributed by atoms with E-state index in [2.05, 4.69) is 10.4 Å². The van der Waals surface area contributed by atoms with Gasteiger partial charge in [-0.2, -0.15) is 5.10 Å². The second kappa shape index (κ2) is 8.03. The normalized spacial score (nSPS) is 11.2. The molecule has 1 amide bonds. The van der Waals surface area contributed by atoms with Crippen molar-refractivity contribution in [3.05, 3.63) is 88.9 Å². The van der Waals surface area contributed by atoms with E-state index in [0.717, 1.165) is 4.68 Å². The zero-order valence-electron chi connectivity index (χ0n) is 14.1. The molecule has 0 saturated carbocycles. The molecule has 0 aliphatic heterocycles. The molecular weight excluding hydrogens is 381 g/mol. The quantitative estimate of drug-likeness (QED) is 0.400. The zero-order valence-corrected chi connectivity index (χ0v) is 14.1. The fraction of sp³-hybridized carbons (Fsp3) is 0.0526. The van der Waals surface area contributed by atoms with Gasteiger partial charge < -0.3 is 5.32 Å². The van der Waals surface area contributed by atoms with E-state index in [1.54, 1.807) is 0 Å². The molecule has 0 spiro atoms. The van der Waals surface area contributed by atoms with E-state index < -0.39 is 47.1 Å². The van der Waals surface area contributed by atoms with Crippen molar-refractivity contribution in [1.29, 1.82) is 0 Å². The number of halogens is 5. The number of hydrogen-bond acceptors (Lipinski definition) is 2. The molecule has 1 aromatic heterocycles. The van der Waals surface area contributed by atoms with Crippen LogP contribution in [0.4, 0.5) is 27.8 Å². The number of rotatable bonds is 5. The highest BCUT2D eigenvalue weighted by atomic mass is 19.2. The highest BCUT2D eigenvalue weighted by Crippen LogP contribution is 2.20. The van der Waals surface area contributed by atoms with Gasteiger partial charge in [0.2, 0.25) is 5.91 Å². The molecule has 1 heterocycles. The maximum Gasteiger partial charge on any atom is 0.249 e. The van der Waals surface area contributed by atoms with Crippen molar-refractivity contribution in [2.45, 2.75) is 6.54 Å². The van der Waals surface area contributed by atoms with Gasteiger partial charge in [0, 0.05) is 24.4 Å². The van der Waals surface area contributed by atoms with E-state index in [1.165, 1.54) is 48.7 Å². The maximum atomic E-state index is 13.7. The number of carbonyl (C=O) groups excluding carboxylic acids is 1. The molecule has 0 radical (unpaired) electrons. The van der Waals surface area contributed by atoms with Crippen molar-refractivity contribution >= 4 is 17.8 Å². The molecule has 144 valence electrons. The highest BCUT2D eigenvalue weighted by molar-refractivity contribution is 6.01. The summed E-state index contributed by atoms with van der Waals surface area (Å²) in [6.07, 6.45) is 3.92. The fourth-order valence-corrected chi connectivity index (χ4v) is 2.35. The molecule has 3 rings (SSSR count). The number of hydrogen-bond donors (Lipinski definition) is 1. The van der Waals surface area contributed by atoms with Crippen molar-refractivity contribution in [3.8, 4) is 0 Å². The van der Waals surface area contributed by atoms with Crippen LogP contribution in [-0.4, -0.2) is 15.7 Å². The minimum Gasteiger partial charge on any atom is -0.306 e. The molecule has 3 aromatic rings. The molecule has 9 heteroatoms. The van der Waals surface area contributed by atoms with E-state index in [4.69, 9.17) is 0 Å². The van der Waals surface area contributed by atoms with Crippen LogP contribution in [0.3, 0.4) is 0 Å². The Morgan fingerprint density at radius 2 is 1.64 bits per heavy atom. The first-order valence-electron chi connectivity index (χ1n) is 7.93. The van der Waals surface area contributed by atoms with Crippen LogP contribution in [0.5, 0.6) is 0 Å². The summed E-state index contributed by atoms with van der Waals surface area (Å²) in [5.41, 5.74) is -0.226. The van der Waals surface area contributed by atoms with E-state index >= 15 is 0 Å². The highest BCUT2D eigenvalue weighted by Gasteiger charge is 2.19. The van der Waals surface area contributed by atoms with Gasteiger partial charge in [-0.25, -0.2) is 22.0 Å². The molecule has 0 aliphatic carbocycles. The van der Waals surface area contributed by atoms with Crippen molar-refractivity contribution < 1.29 is 26.7 Å². The van der Waals surface area contributed by atoms with Gasteiger partial charge in [0.05, 0.1) is 12.1 Å². The SMILES string of the molecule is O=C(/C=C/c1ccc(F)cc1)Nc1ccn(Cc2c(F)c(F)cc(F)c2F)n1. The molecule has 0 unspecified atom stereocenters. The Hall–Kier alpha value is -3.49. The van der Waals surface area contributed by atoms with Crippen LogP contribution in [-0.2, 0) is 11.3 Å². The lowest BCUT2D eigenvalue weighted by molar-refractivity contribution is -0.111. The number of aromatic nitrogens is 2. The molecule has 28 heavy (non-hydrogen) atoms. The molecule has 4 nitrogen and oxygen atoms in total. The van der Waals surface area contributed by atoms with Crippen LogP contribution in [0.2, 0.25) is 0 Å². The van der Waals surface area contributed by atoms with Gasteiger partial charge in [0.15, 0.2) is 29.1 Å². The lowest BCUT2D eigenvalue weighted by atomic mass is 10.2.